The van der Waals surface area contributed by atoms with Crippen molar-refractivity contribution in [1.82, 2.24) is 25.8 Å². The number of nitrogen functional groups attached to an aromatic ring is 1. The van der Waals surface area contributed by atoms with Crippen LogP contribution in [0.2, 0.25) is 10.0 Å². The van der Waals surface area contributed by atoms with E-state index in [0.29, 0.717) is 21.3 Å². The Morgan fingerprint density at radius 2 is 1.85 bits per heavy atom. The van der Waals surface area contributed by atoms with Gasteiger partial charge in [0, 0.05) is 21.3 Å². The number of H-pyrrole nitrogens is 1. The van der Waals surface area contributed by atoms with Crippen LogP contribution in [0.1, 0.15) is 28.4 Å². The summed E-state index contributed by atoms with van der Waals surface area (Å²) < 4.78 is 0. The van der Waals surface area contributed by atoms with Crippen LogP contribution >= 0.6 is 23.2 Å². The molecule has 2 aromatic carbocycles. The summed E-state index contributed by atoms with van der Waals surface area (Å²) in [7, 11) is 0. The molecule has 0 saturated heterocycles. The molecule has 13 heteroatoms. The number of halogens is 2. The third-order valence-corrected chi connectivity index (χ3v) is 4.73. The summed E-state index contributed by atoms with van der Waals surface area (Å²) in [6, 6.07) is 10.1. The van der Waals surface area contributed by atoms with Gasteiger partial charge in [-0.2, -0.15) is 4.98 Å². The highest BCUT2D eigenvalue weighted by atomic mass is 35.5. The molecular weight excluding hydrogens is 473 g/mol. The molecule has 11 nitrogen and oxygen atoms in total. The van der Waals surface area contributed by atoms with E-state index >= 15 is 0 Å². The summed E-state index contributed by atoms with van der Waals surface area (Å²) in [5, 5.41) is 24.1. The summed E-state index contributed by atoms with van der Waals surface area (Å²) in [5.41, 5.74) is 6.72. The van der Waals surface area contributed by atoms with E-state index in [9.17, 15) is 19.5 Å². The van der Waals surface area contributed by atoms with Crippen molar-refractivity contribution in [3.05, 3.63) is 63.6 Å². The molecule has 0 saturated carbocycles. The Morgan fingerprint density at radius 1 is 1.12 bits per heavy atom. The number of carboxylic acids is 1. The number of rotatable bonds is 9. The first-order valence-electron chi connectivity index (χ1n) is 9.50. The monoisotopic (exact) mass is 491 g/mol. The summed E-state index contributed by atoms with van der Waals surface area (Å²) in [6.07, 6.45) is -0.393. The molecule has 3 aromatic rings. The van der Waals surface area contributed by atoms with Crippen molar-refractivity contribution in [2.75, 3.05) is 17.6 Å². The average molecular weight is 492 g/mol. The first kappa shape index (κ1) is 23.8. The lowest BCUT2D eigenvalue weighted by atomic mass is 10.0. The van der Waals surface area contributed by atoms with Crippen LogP contribution in [0.25, 0.3) is 0 Å². The van der Waals surface area contributed by atoms with Gasteiger partial charge in [-0.05, 0) is 42.0 Å². The number of nitrogens with zero attached hydrogens (tertiary/aromatic N) is 2. The van der Waals surface area contributed by atoms with Gasteiger partial charge in [0.05, 0.1) is 19.0 Å². The van der Waals surface area contributed by atoms with Crippen LogP contribution in [-0.4, -0.2) is 44.6 Å². The van der Waals surface area contributed by atoms with Gasteiger partial charge >= 0.3 is 5.97 Å². The molecule has 0 bridgehead atoms. The van der Waals surface area contributed by atoms with E-state index in [1.165, 1.54) is 18.2 Å². The molecule has 33 heavy (non-hydrogen) atoms. The summed E-state index contributed by atoms with van der Waals surface area (Å²) in [5.74, 6) is -1.85. The maximum Gasteiger partial charge on any atom is 0.305 e. The van der Waals surface area contributed by atoms with Crippen LogP contribution in [0.15, 0.2) is 42.5 Å². The number of aromatic nitrogens is 3. The molecule has 1 heterocycles. The molecule has 1 aromatic heterocycles. The van der Waals surface area contributed by atoms with E-state index in [1.807, 2.05) is 0 Å². The third-order valence-electron chi connectivity index (χ3n) is 4.29. The number of aromatic amines is 1. The summed E-state index contributed by atoms with van der Waals surface area (Å²) >= 11 is 12.0. The predicted molar refractivity (Wildman–Crippen MR) is 122 cm³/mol. The van der Waals surface area contributed by atoms with Gasteiger partial charge in [0.1, 0.15) is 0 Å². The van der Waals surface area contributed by atoms with Crippen molar-refractivity contribution < 1.29 is 19.5 Å². The van der Waals surface area contributed by atoms with Crippen LogP contribution < -0.4 is 21.7 Å². The average Bonchev–Trinajstić information content (AvgIpc) is 3.15. The maximum atomic E-state index is 12.5. The Kier molecular flexibility index (Phi) is 7.70. The number of hydrogen-bond donors (Lipinski definition) is 6. The Bertz CT molecular complexity index is 1160. The minimum Gasteiger partial charge on any atom is -0.481 e. The Morgan fingerprint density at radius 3 is 2.48 bits per heavy atom. The molecule has 1 atom stereocenters. The Hall–Kier alpha value is -3.83. The van der Waals surface area contributed by atoms with Crippen LogP contribution in [-0.2, 0) is 9.59 Å². The van der Waals surface area contributed by atoms with Crippen molar-refractivity contribution in [2.45, 2.75) is 12.5 Å². The number of carbonyl (C=O) groups is 3. The first-order chi connectivity index (χ1) is 15.7. The number of carboxylic acid groups (broad SMARTS) is 1. The second kappa shape index (κ2) is 10.7. The normalized spacial score (nSPS) is 11.5. The van der Waals surface area contributed by atoms with E-state index in [1.54, 1.807) is 24.3 Å². The minimum absolute atomic E-state index is 0.138. The van der Waals surface area contributed by atoms with Crippen molar-refractivity contribution in [3.63, 3.8) is 0 Å². The highest BCUT2D eigenvalue weighted by molar-refractivity contribution is 6.34. The maximum absolute atomic E-state index is 12.5. The zero-order valence-electron chi connectivity index (χ0n) is 16.9. The van der Waals surface area contributed by atoms with Gasteiger partial charge in [0.15, 0.2) is 0 Å². The van der Waals surface area contributed by atoms with Crippen molar-refractivity contribution >= 4 is 58.6 Å². The SMILES string of the molecule is Nc1nc(Nc2cccc(C(=O)NCC(=O)NC(CC(=O)O)c3cc(Cl)cc(Cl)c3)c2)n[nH]1. The highest BCUT2D eigenvalue weighted by Crippen LogP contribution is 2.25. The molecule has 0 aliphatic heterocycles. The third kappa shape index (κ3) is 7.09. The van der Waals surface area contributed by atoms with E-state index in [4.69, 9.17) is 28.9 Å². The quantitative estimate of drug-likeness (QED) is 0.264. The van der Waals surface area contributed by atoms with Crippen LogP contribution in [0.5, 0.6) is 0 Å². The van der Waals surface area contributed by atoms with Gasteiger partial charge in [-0.1, -0.05) is 29.3 Å². The van der Waals surface area contributed by atoms with E-state index in [0.717, 1.165) is 0 Å². The fourth-order valence-electron chi connectivity index (χ4n) is 2.91. The zero-order valence-corrected chi connectivity index (χ0v) is 18.4. The molecule has 0 aliphatic rings. The fourth-order valence-corrected chi connectivity index (χ4v) is 3.45. The molecule has 1 unspecified atom stereocenters. The number of carbonyl (C=O) groups excluding carboxylic acids is 2. The van der Waals surface area contributed by atoms with Crippen LogP contribution in [0.3, 0.4) is 0 Å². The number of benzene rings is 2. The second-order valence-corrected chi connectivity index (χ2v) is 7.73. The van der Waals surface area contributed by atoms with Gasteiger partial charge in [-0.3, -0.25) is 14.4 Å². The number of hydrogen-bond acceptors (Lipinski definition) is 7. The molecule has 172 valence electrons. The van der Waals surface area contributed by atoms with Gasteiger partial charge in [0.2, 0.25) is 17.8 Å². The molecule has 0 spiro atoms. The standard InChI is InChI=1S/C20H19Cl2N7O4/c21-12-4-11(5-13(22)7-12)15(8-17(31)32)26-16(30)9-24-18(33)10-2-1-3-14(6-10)25-20-27-19(23)28-29-20/h1-7,15H,8-9H2,(H,24,33)(H,26,30)(H,31,32)(H4,23,25,27,28,29). The number of amides is 2. The summed E-state index contributed by atoms with van der Waals surface area (Å²) in [4.78, 5) is 40.0. The van der Waals surface area contributed by atoms with E-state index in [2.05, 4.69) is 31.1 Å². The number of anilines is 3. The lowest BCUT2D eigenvalue weighted by Gasteiger charge is -2.18. The molecule has 0 fully saturated rings. The molecular formula is C20H19Cl2N7O4. The first-order valence-corrected chi connectivity index (χ1v) is 10.3. The van der Waals surface area contributed by atoms with E-state index in [-0.39, 0.29) is 24.0 Å². The lowest BCUT2D eigenvalue weighted by Crippen LogP contribution is -2.39. The van der Waals surface area contributed by atoms with Crippen molar-refractivity contribution in [2.24, 2.45) is 0 Å². The summed E-state index contributed by atoms with van der Waals surface area (Å²) in [6.45, 7) is -0.377. The van der Waals surface area contributed by atoms with Crippen LogP contribution in [0, 0.1) is 0 Å². The molecule has 2 amide bonds. The number of nitrogens with one attached hydrogen (secondary N) is 4. The van der Waals surface area contributed by atoms with Gasteiger partial charge in [-0.25, -0.2) is 5.10 Å². The fraction of sp³-hybridized carbons (Fsp3) is 0.150. The van der Waals surface area contributed by atoms with Gasteiger partial charge in [-0.15, -0.1) is 5.10 Å². The number of nitrogens with two attached hydrogens (primary N) is 1. The van der Waals surface area contributed by atoms with Gasteiger partial charge in [0.25, 0.3) is 5.91 Å². The molecule has 0 aliphatic carbocycles. The topological polar surface area (TPSA) is 175 Å². The predicted octanol–water partition coefficient (Wildman–Crippen LogP) is 2.50. The lowest BCUT2D eigenvalue weighted by molar-refractivity contribution is -0.137. The van der Waals surface area contributed by atoms with Crippen molar-refractivity contribution in [3.8, 4) is 0 Å². The van der Waals surface area contributed by atoms with Crippen molar-refractivity contribution in [1.29, 1.82) is 0 Å². The minimum atomic E-state index is -1.13. The Labute approximate surface area is 197 Å². The largest absolute Gasteiger partial charge is 0.481 e. The molecule has 0 radical (unpaired) electrons. The van der Waals surface area contributed by atoms with E-state index < -0.39 is 30.2 Å². The highest BCUT2D eigenvalue weighted by Gasteiger charge is 2.20. The Balaban J connectivity index is 1.61. The molecule has 3 rings (SSSR count). The van der Waals surface area contributed by atoms with Gasteiger partial charge < -0.3 is 26.8 Å². The van der Waals surface area contributed by atoms with Crippen LogP contribution in [0.4, 0.5) is 17.6 Å². The smallest absolute Gasteiger partial charge is 0.305 e. The molecule has 7 N–H and O–H groups in total. The number of aliphatic carboxylic acids is 1. The second-order valence-electron chi connectivity index (χ2n) is 6.85. The zero-order chi connectivity index (χ0) is 24.0.